The van der Waals surface area contributed by atoms with Crippen molar-refractivity contribution in [3.05, 3.63) is 65.7 Å². The van der Waals surface area contributed by atoms with Crippen molar-refractivity contribution in [2.24, 2.45) is 5.92 Å². The number of hydrazine groups is 1. The first kappa shape index (κ1) is 26.7. The minimum atomic E-state index is -0.0537. The predicted molar refractivity (Wildman–Crippen MR) is 154 cm³/mol. The van der Waals surface area contributed by atoms with Crippen LogP contribution in [0.4, 0.5) is 5.69 Å². The van der Waals surface area contributed by atoms with E-state index in [1.165, 1.54) is 11.3 Å². The number of benzene rings is 2. The molecule has 4 fully saturated rings. The van der Waals surface area contributed by atoms with E-state index in [-0.39, 0.29) is 12.1 Å². The smallest absolute Gasteiger partial charge is 0.252 e. The molecule has 3 heterocycles. The number of ether oxygens (including phenoxy) is 1. The molecule has 0 spiro atoms. The summed E-state index contributed by atoms with van der Waals surface area (Å²) in [6.45, 7) is 7.44. The first-order valence-electron chi connectivity index (χ1n) is 14.9. The number of piperidine rings is 1. The molecule has 6 rings (SSSR count). The van der Waals surface area contributed by atoms with Crippen LogP contribution in [0.15, 0.2) is 54.6 Å². The quantitative estimate of drug-likeness (QED) is 0.507. The van der Waals surface area contributed by atoms with Crippen LogP contribution in [0.1, 0.15) is 48.0 Å². The molecule has 0 bridgehead atoms. The first-order valence-corrected chi connectivity index (χ1v) is 14.9. The van der Waals surface area contributed by atoms with Crippen LogP contribution in [0.25, 0.3) is 0 Å². The highest BCUT2D eigenvalue weighted by Gasteiger charge is 2.42. The monoisotopic (exact) mass is 532 g/mol. The Morgan fingerprint density at radius 2 is 1.62 bits per heavy atom. The molecule has 1 amide bonds. The Bertz CT molecular complexity index is 1070. The SMILES string of the molecule is CN1CCN(c2ccc(C(=O)NC3NNC4CC(OC5CCN(Cc6ccccc6)CC5)CCC43)cc2)CC1. The fourth-order valence-corrected chi connectivity index (χ4v) is 6.72. The Morgan fingerprint density at radius 1 is 0.872 bits per heavy atom. The van der Waals surface area contributed by atoms with Crippen molar-refractivity contribution in [2.45, 2.75) is 63.1 Å². The molecule has 8 nitrogen and oxygen atoms in total. The van der Waals surface area contributed by atoms with E-state index in [0.29, 0.717) is 29.7 Å². The second kappa shape index (κ2) is 12.4. The number of nitrogens with zero attached hydrogens (tertiary/aromatic N) is 3. The molecule has 0 aromatic heterocycles. The number of amides is 1. The Morgan fingerprint density at radius 3 is 2.36 bits per heavy atom. The van der Waals surface area contributed by atoms with Crippen LogP contribution in [0.3, 0.4) is 0 Å². The van der Waals surface area contributed by atoms with Gasteiger partial charge in [-0.2, -0.15) is 0 Å². The molecule has 4 aliphatic rings. The van der Waals surface area contributed by atoms with Crippen molar-refractivity contribution in [3.63, 3.8) is 0 Å². The van der Waals surface area contributed by atoms with Crippen LogP contribution in [0.5, 0.6) is 0 Å². The van der Waals surface area contributed by atoms with Gasteiger partial charge in [0.15, 0.2) is 0 Å². The van der Waals surface area contributed by atoms with Gasteiger partial charge in [-0.1, -0.05) is 30.3 Å². The summed E-state index contributed by atoms with van der Waals surface area (Å²) in [5.74, 6) is 0.367. The molecular weight excluding hydrogens is 488 g/mol. The molecule has 2 aromatic rings. The number of nitrogens with one attached hydrogen (secondary N) is 3. The molecular formula is C31H44N6O2. The van der Waals surface area contributed by atoms with Crippen LogP contribution >= 0.6 is 0 Å². The lowest BCUT2D eigenvalue weighted by Gasteiger charge is -2.37. The Balaban J connectivity index is 0.937. The van der Waals surface area contributed by atoms with Crippen molar-refractivity contribution in [1.82, 2.24) is 26.0 Å². The van der Waals surface area contributed by atoms with E-state index in [0.717, 1.165) is 77.9 Å². The van der Waals surface area contributed by atoms with E-state index < -0.39 is 0 Å². The van der Waals surface area contributed by atoms with E-state index >= 15 is 0 Å². The van der Waals surface area contributed by atoms with Gasteiger partial charge in [0.05, 0.1) is 18.4 Å². The largest absolute Gasteiger partial charge is 0.375 e. The Labute approximate surface area is 233 Å². The second-order valence-corrected chi connectivity index (χ2v) is 11.9. The third-order valence-corrected chi connectivity index (χ3v) is 9.16. The number of likely N-dealkylation sites (tertiary alicyclic amines) is 1. The van der Waals surface area contributed by atoms with Gasteiger partial charge in [0.25, 0.3) is 5.91 Å². The highest BCUT2D eigenvalue weighted by Crippen LogP contribution is 2.33. The van der Waals surface area contributed by atoms with Crippen molar-refractivity contribution in [3.8, 4) is 0 Å². The number of anilines is 1. The lowest BCUT2D eigenvalue weighted by Crippen LogP contribution is -2.47. The highest BCUT2D eigenvalue weighted by molar-refractivity contribution is 5.94. The number of hydrogen-bond donors (Lipinski definition) is 3. The normalized spacial score (nSPS) is 28.8. The minimum absolute atomic E-state index is 0.0134. The lowest BCUT2D eigenvalue weighted by molar-refractivity contribution is -0.0651. The van der Waals surface area contributed by atoms with Gasteiger partial charge in [-0.25, -0.2) is 5.43 Å². The average Bonchev–Trinajstić information content (AvgIpc) is 3.37. The van der Waals surface area contributed by atoms with Gasteiger partial charge < -0.3 is 19.9 Å². The molecule has 3 N–H and O–H groups in total. The predicted octanol–water partition coefficient (Wildman–Crippen LogP) is 2.82. The van der Waals surface area contributed by atoms with Crippen LogP contribution in [0, 0.1) is 5.92 Å². The van der Waals surface area contributed by atoms with Gasteiger partial charge in [0.2, 0.25) is 0 Å². The third-order valence-electron chi connectivity index (χ3n) is 9.16. The summed E-state index contributed by atoms with van der Waals surface area (Å²) in [4.78, 5) is 20.3. The third kappa shape index (κ3) is 6.64. The molecule has 3 saturated heterocycles. The van der Waals surface area contributed by atoms with Gasteiger partial charge in [-0.15, -0.1) is 0 Å². The second-order valence-electron chi connectivity index (χ2n) is 11.9. The van der Waals surface area contributed by atoms with E-state index in [9.17, 15) is 4.79 Å². The van der Waals surface area contributed by atoms with Crippen molar-refractivity contribution >= 4 is 11.6 Å². The highest BCUT2D eigenvalue weighted by atomic mass is 16.5. The fourth-order valence-electron chi connectivity index (χ4n) is 6.72. The average molecular weight is 533 g/mol. The summed E-state index contributed by atoms with van der Waals surface area (Å²) in [5, 5.41) is 3.24. The minimum Gasteiger partial charge on any atom is -0.375 e. The maximum absolute atomic E-state index is 13.0. The van der Waals surface area contributed by atoms with Gasteiger partial charge in [-0.3, -0.25) is 15.1 Å². The van der Waals surface area contributed by atoms with Gasteiger partial charge >= 0.3 is 0 Å². The zero-order valence-electron chi connectivity index (χ0n) is 23.2. The molecule has 4 unspecified atom stereocenters. The van der Waals surface area contributed by atoms with Crippen LogP contribution < -0.4 is 21.1 Å². The summed E-state index contributed by atoms with van der Waals surface area (Å²) in [6.07, 6.45) is 5.91. The molecule has 1 aliphatic carbocycles. The summed E-state index contributed by atoms with van der Waals surface area (Å²) < 4.78 is 6.60. The standard InChI is InChI=1S/C31H44N6O2/c1-35-17-19-37(20-18-35)25-9-7-24(8-10-25)31(38)32-30-28-12-11-27(21-29(28)33-34-30)39-26-13-15-36(16-14-26)22-23-5-3-2-4-6-23/h2-10,26-30,33-34H,11-22H2,1H3,(H,32,38). The molecule has 210 valence electrons. The molecule has 3 aliphatic heterocycles. The van der Waals surface area contributed by atoms with Gasteiger partial charge in [-0.05, 0) is 69.0 Å². The van der Waals surface area contributed by atoms with E-state index in [1.807, 2.05) is 12.1 Å². The lowest BCUT2D eigenvalue weighted by atomic mass is 9.82. The maximum atomic E-state index is 13.0. The van der Waals surface area contributed by atoms with Crippen molar-refractivity contribution in [1.29, 1.82) is 0 Å². The molecule has 0 radical (unpaired) electrons. The van der Waals surface area contributed by atoms with E-state index in [1.54, 1.807) is 0 Å². The zero-order chi connectivity index (χ0) is 26.6. The molecule has 1 saturated carbocycles. The molecule has 4 atom stereocenters. The number of fused-ring (bicyclic) bond motifs is 1. The van der Waals surface area contributed by atoms with Crippen molar-refractivity contribution < 1.29 is 9.53 Å². The zero-order valence-corrected chi connectivity index (χ0v) is 23.2. The van der Waals surface area contributed by atoms with Crippen LogP contribution in [0.2, 0.25) is 0 Å². The number of likely N-dealkylation sites (N-methyl/N-ethyl adjacent to an activating group) is 1. The summed E-state index contributed by atoms with van der Waals surface area (Å²) in [6, 6.07) is 19.2. The van der Waals surface area contributed by atoms with Gasteiger partial charge in [0.1, 0.15) is 0 Å². The number of carbonyl (C=O) groups excluding carboxylic acids is 1. The number of carbonyl (C=O) groups is 1. The first-order chi connectivity index (χ1) is 19.1. The Hall–Kier alpha value is -2.49. The molecule has 8 heteroatoms. The summed E-state index contributed by atoms with van der Waals surface area (Å²) >= 11 is 0. The number of hydrogen-bond acceptors (Lipinski definition) is 7. The number of piperazine rings is 1. The number of rotatable bonds is 7. The van der Waals surface area contributed by atoms with E-state index in [2.05, 4.69) is 80.4 Å². The maximum Gasteiger partial charge on any atom is 0.252 e. The summed E-state index contributed by atoms with van der Waals surface area (Å²) in [5.41, 5.74) is 10.1. The van der Waals surface area contributed by atoms with E-state index in [4.69, 9.17) is 4.74 Å². The van der Waals surface area contributed by atoms with Crippen LogP contribution in [-0.2, 0) is 11.3 Å². The van der Waals surface area contributed by atoms with Gasteiger partial charge in [0, 0.05) is 69.0 Å². The van der Waals surface area contributed by atoms with Crippen molar-refractivity contribution in [2.75, 3.05) is 51.2 Å². The Kier molecular flexibility index (Phi) is 8.46. The fraction of sp³-hybridized carbons (Fsp3) is 0.581. The molecule has 2 aromatic carbocycles. The summed E-state index contributed by atoms with van der Waals surface area (Å²) in [7, 11) is 2.16. The topological polar surface area (TPSA) is 72.1 Å². The van der Waals surface area contributed by atoms with Crippen LogP contribution in [-0.4, -0.2) is 86.4 Å². The molecule has 39 heavy (non-hydrogen) atoms.